The lowest BCUT2D eigenvalue weighted by atomic mass is 10.0. The molecule has 0 spiro atoms. The minimum absolute atomic E-state index is 0.226. The lowest BCUT2D eigenvalue weighted by Crippen LogP contribution is -2.41. The third-order valence-electron chi connectivity index (χ3n) is 2.79. The number of carboxylic acid groups (broad SMARTS) is 1. The van der Waals surface area contributed by atoms with E-state index in [1.807, 2.05) is 18.7 Å². The summed E-state index contributed by atoms with van der Waals surface area (Å²) in [6.07, 6.45) is 1.41. The first kappa shape index (κ1) is 13.4. The van der Waals surface area contributed by atoms with Crippen LogP contribution in [0.5, 0.6) is 0 Å². The molecule has 1 rings (SSSR count). The fourth-order valence-corrected chi connectivity index (χ4v) is 1.84. The largest absolute Gasteiger partial charge is 0.479 e. The second kappa shape index (κ2) is 5.61. The Bertz CT molecular complexity index is 244. The molecule has 1 heterocycles. The highest BCUT2D eigenvalue weighted by molar-refractivity contribution is 5.77. The van der Waals surface area contributed by atoms with Crippen LogP contribution in [-0.4, -0.2) is 59.0 Å². The molecule has 0 radical (unpaired) electrons. The van der Waals surface area contributed by atoms with Gasteiger partial charge in [0, 0.05) is 32.7 Å². The van der Waals surface area contributed by atoms with Crippen LogP contribution in [0.1, 0.15) is 26.7 Å². The van der Waals surface area contributed by atoms with Gasteiger partial charge in [-0.05, 0) is 20.3 Å². The van der Waals surface area contributed by atoms with Crippen LogP contribution < -0.4 is 0 Å². The van der Waals surface area contributed by atoms with Gasteiger partial charge in [0.2, 0.25) is 0 Å². The van der Waals surface area contributed by atoms with Gasteiger partial charge >= 0.3 is 5.97 Å². The van der Waals surface area contributed by atoms with Crippen LogP contribution in [0.3, 0.4) is 0 Å². The number of carboxylic acids is 1. The van der Waals surface area contributed by atoms with Crippen LogP contribution >= 0.6 is 0 Å². The minimum atomic E-state index is -1.54. The summed E-state index contributed by atoms with van der Waals surface area (Å²) in [7, 11) is 0. The zero-order valence-corrected chi connectivity index (χ0v) is 9.98. The summed E-state index contributed by atoms with van der Waals surface area (Å²) in [5, 5.41) is 18.5. The monoisotopic (exact) mass is 231 g/mol. The first-order valence-corrected chi connectivity index (χ1v) is 5.74. The third-order valence-corrected chi connectivity index (χ3v) is 2.79. The molecule has 94 valence electrons. The van der Waals surface area contributed by atoms with Crippen molar-refractivity contribution in [3.8, 4) is 0 Å². The molecule has 0 aliphatic carbocycles. The van der Waals surface area contributed by atoms with Crippen LogP contribution in [0.2, 0.25) is 0 Å². The Morgan fingerprint density at radius 3 is 2.75 bits per heavy atom. The van der Waals surface area contributed by atoms with E-state index in [0.29, 0.717) is 19.6 Å². The molecule has 5 heteroatoms. The number of rotatable bonds is 6. The summed E-state index contributed by atoms with van der Waals surface area (Å²) >= 11 is 0. The molecule has 1 aliphatic rings. The van der Waals surface area contributed by atoms with Gasteiger partial charge in [-0.3, -0.25) is 4.90 Å². The molecule has 0 aromatic carbocycles. The maximum absolute atomic E-state index is 10.8. The van der Waals surface area contributed by atoms with E-state index in [2.05, 4.69) is 0 Å². The van der Waals surface area contributed by atoms with Gasteiger partial charge in [0.1, 0.15) is 0 Å². The summed E-state index contributed by atoms with van der Waals surface area (Å²) in [6, 6.07) is 0. The van der Waals surface area contributed by atoms with E-state index in [9.17, 15) is 9.90 Å². The van der Waals surface area contributed by atoms with E-state index in [4.69, 9.17) is 9.84 Å². The molecule has 2 N–H and O–H groups in total. The van der Waals surface area contributed by atoms with Gasteiger partial charge in [0.15, 0.2) is 5.60 Å². The smallest absolute Gasteiger partial charge is 0.337 e. The van der Waals surface area contributed by atoms with Crippen molar-refractivity contribution in [1.29, 1.82) is 0 Å². The van der Waals surface area contributed by atoms with E-state index in [1.54, 1.807) is 0 Å². The zero-order valence-electron chi connectivity index (χ0n) is 9.98. The second-order valence-electron chi connectivity index (χ2n) is 4.64. The van der Waals surface area contributed by atoms with E-state index < -0.39 is 11.6 Å². The molecular formula is C11H21NO4. The van der Waals surface area contributed by atoms with Gasteiger partial charge in [-0.15, -0.1) is 0 Å². The molecule has 0 saturated carbocycles. The summed E-state index contributed by atoms with van der Waals surface area (Å²) in [6.45, 7) is 6.30. The highest BCUT2D eigenvalue weighted by Gasteiger charge is 2.42. The maximum Gasteiger partial charge on any atom is 0.337 e. The number of nitrogens with zero attached hydrogens (tertiary/aromatic N) is 1. The Kier molecular flexibility index (Phi) is 4.70. The SMILES string of the molecule is CC(C)OCCCN1CCC(O)(C(=O)O)C1. The first-order chi connectivity index (χ1) is 7.44. The molecule has 5 nitrogen and oxygen atoms in total. The standard InChI is InChI=1S/C11H21NO4/c1-9(2)16-7-3-5-12-6-4-11(15,8-12)10(13)14/h9,15H,3-8H2,1-2H3,(H,13,14). The van der Waals surface area contributed by atoms with Gasteiger partial charge in [-0.2, -0.15) is 0 Å². The highest BCUT2D eigenvalue weighted by atomic mass is 16.5. The van der Waals surface area contributed by atoms with Crippen LogP contribution in [0, 0.1) is 0 Å². The van der Waals surface area contributed by atoms with Crippen molar-refractivity contribution in [1.82, 2.24) is 4.90 Å². The lowest BCUT2D eigenvalue weighted by molar-refractivity contribution is -0.156. The predicted octanol–water partition coefficient (Wildman–Crippen LogP) is 0.323. The Morgan fingerprint density at radius 2 is 2.25 bits per heavy atom. The maximum atomic E-state index is 10.8. The first-order valence-electron chi connectivity index (χ1n) is 5.74. The quantitative estimate of drug-likeness (QED) is 0.644. The number of aliphatic hydroxyl groups is 1. The number of aliphatic carboxylic acids is 1. The number of carbonyl (C=O) groups is 1. The number of hydrogen-bond donors (Lipinski definition) is 2. The van der Waals surface area contributed by atoms with E-state index in [0.717, 1.165) is 13.0 Å². The number of hydrogen-bond acceptors (Lipinski definition) is 4. The highest BCUT2D eigenvalue weighted by Crippen LogP contribution is 2.21. The number of β-amino-alcohol motifs (C(OH)–C–C–N with tert-alkyl or cyclic N) is 1. The van der Waals surface area contributed by atoms with E-state index in [1.165, 1.54) is 0 Å². The molecule has 0 aromatic rings. The van der Waals surface area contributed by atoms with E-state index >= 15 is 0 Å². The topological polar surface area (TPSA) is 70.0 Å². The molecule has 0 bridgehead atoms. The van der Waals surface area contributed by atoms with Crippen molar-refractivity contribution in [2.75, 3.05) is 26.2 Å². The molecule has 0 amide bonds. The fraction of sp³-hybridized carbons (Fsp3) is 0.909. The second-order valence-corrected chi connectivity index (χ2v) is 4.64. The summed E-state index contributed by atoms with van der Waals surface area (Å²) in [5.41, 5.74) is -1.54. The number of ether oxygens (including phenoxy) is 1. The van der Waals surface area contributed by atoms with Gasteiger partial charge in [-0.25, -0.2) is 4.79 Å². The van der Waals surface area contributed by atoms with Gasteiger partial charge in [0.05, 0.1) is 6.10 Å². The lowest BCUT2D eigenvalue weighted by Gasteiger charge is -2.19. The molecule has 1 saturated heterocycles. The van der Waals surface area contributed by atoms with Crippen molar-refractivity contribution in [2.24, 2.45) is 0 Å². The van der Waals surface area contributed by atoms with Gasteiger partial charge in [-0.1, -0.05) is 0 Å². The molecule has 16 heavy (non-hydrogen) atoms. The fourth-order valence-electron chi connectivity index (χ4n) is 1.84. The summed E-state index contributed by atoms with van der Waals surface area (Å²) in [5.74, 6) is -1.12. The molecular weight excluding hydrogens is 210 g/mol. The van der Waals surface area contributed by atoms with Crippen molar-refractivity contribution in [3.05, 3.63) is 0 Å². The van der Waals surface area contributed by atoms with Crippen molar-refractivity contribution < 1.29 is 19.7 Å². The Balaban J connectivity index is 2.19. The minimum Gasteiger partial charge on any atom is -0.479 e. The average Bonchev–Trinajstić information content (AvgIpc) is 2.56. The Labute approximate surface area is 96.0 Å². The molecule has 1 atom stereocenters. The Morgan fingerprint density at radius 1 is 1.56 bits per heavy atom. The van der Waals surface area contributed by atoms with Crippen LogP contribution in [-0.2, 0) is 9.53 Å². The van der Waals surface area contributed by atoms with Crippen molar-refractivity contribution in [3.63, 3.8) is 0 Å². The summed E-state index contributed by atoms with van der Waals surface area (Å²) < 4.78 is 5.40. The van der Waals surface area contributed by atoms with Crippen LogP contribution in [0.15, 0.2) is 0 Å². The molecule has 0 aromatic heterocycles. The molecule has 1 fully saturated rings. The Hall–Kier alpha value is -0.650. The summed E-state index contributed by atoms with van der Waals surface area (Å²) in [4.78, 5) is 12.8. The molecule has 1 unspecified atom stereocenters. The predicted molar refractivity (Wildman–Crippen MR) is 59.3 cm³/mol. The van der Waals surface area contributed by atoms with E-state index in [-0.39, 0.29) is 12.6 Å². The average molecular weight is 231 g/mol. The van der Waals surface area contributed by atoms with Crippen molar-refractivity contribution in [2.45, 2.75) is 38.4 Å². The van der Waals surface area contributed by atoms with Gasteiger partial charge in [0.25, 0.3) is 0 Å². The van der Waals surface area contributed by atoms with Crippen LogP contribution in [0.25, 0.3) is 0 Å². The van der Waals surface area contributed by atoms with Crippen molar-refractivity contribution >= 4 is 5.97 Å². The molecule has 1 aliphatic heterocycles. The third kappa shape index (κ3) is 3.73. The van der Waals surface area contributed by atoms with Gasteiger partial charge < -0.3 is 14.9 Å². The normalized spacial score (nSPS) is 26.5. The number of likely N-dealkylation sites (tertiary alicyclic amines) is 1. The van der Waals surface area contributed by atoms with Crippen LogP contribution in [0.4, 0.5) is 0 Å². The zero-order chi connectivity index (χ0) is 12.2.